The van der Waals surface area contributed by atoms with Crippen molar-refractivity contribution < 1.29 is 17.9 Å². The van der Waals surface area contributed by atoms with E-state index >= 15 is 0 Å². The van der Waals surface area contributed by atoms with E-state index in [4.69, 9.17) is 21.6 Å². The van der Waals surface area contributed by atoms with E-state index in [2.05, 4.69) is 4.98 Å². The number of halogens is 4. The second-order valence-electron chi connectivity index (χ2n) is 3.75. The van der Waals surface area contributed by atoms with Crippen LogP contribution in [-0.4, -0.2) is 4.98 Å². The normalized spacial score (nSPS) is 10.9. The Bertz CT molecular complexity index is 663. The lowest BCUT2D eigenvalue weighted by molar-refractivity contribution is -0.137. The first-order chi connectivity index (χ1) is 9.38. The Morgan fingerprint density at radius 3 is 2.35 bits per heavy atom. The molecule has 0 amide bonds. The van der Waals surface area contributed by atoms with Crippen molar-refractivity contribution in [2.75, 3.05) is 0 Å². The smallest absolute Gasteiger partial charge is 0.416 e. The maximum absolute atomic E-state index is 12.4. The van der Waals surface area contributed by atoms with Crippen molar-refractivity contribution in [2.24, 2.45) is 0 Å². The molecule has 102 valence electrons. The first-order valence-corrected chi connectivity index (χ1v) is 5.69. The van der Waals surface area contributed by atoms with Gasteiger partial charge < -0.3 is 4.74 Å². The number of pyridine rings is 1. The van der Waals surface area contributed by atoms with Gasteiger partial charge in [0, 0.05) is 6.07 Å². The molecule has 1 aromatic heterocycles. The molecule has 0 aliphatic rings. The molecular formula is C13H6ClF3N2O. The average molecular weight is 299 g/mol. The van der Waals surface area contributed by atoms with Crippen LogP contribution in [0.1, 0.15) is 11.1 Å². The molecule has 0 bridgehead atoms. The quantitative estimate of drug-likeness (QED) is 0.771. The maximum atomic E-state index is 12.4. The van der Waals surface area contributed by atoms with Crippen LogP contribution in [-0.2, 0) is 6.18 Å². The summed E-state index contributed by atoms with van der Waals surface area (Å²) in [7, 11) is 0. The highest BCUT2D eigenvalue weighted by Gasteiger charge is 2.30. The number of hydrogen-bond acceptors (Lipinski definition) is 3. The van der Waals surface area contributed by atoms with E-state index in [-0.39, 0.29) is 22.3 Å². The van der Waals surface area contributed by atoms with Crippen molar-refractivity contribution in [3.05, 3.63) is 52.7 Å². The van der Waals surface area contributed by atoms with Gasteiger partial charge in [-0.1, -0.05) is 11.6 Å². The summed E-state index contributed by atoms with van der Waals surface area (Å²) in [4.78, 5) is 3.82. The summed E-state index contributed by atoms with van der Waals surface area (Å²) in [6.07, 6.45) is -4.40. The summed E-state index contributed by atoms with van der Waals surface area (Å²) in [5.41, 5.74) is -0.534. The van der Waals surface area contributed by atoms with E-state index in [0.717, 1.165) is 24.3 Å². The summed E-state index contributed by atoms with van der Waals surface area (Å²) >= 11 is 5.69. The maximum Gasteiger partial charge on any atom is 0.416 e. The van der Waals surface area contributed by atoms with Crippen LogP contribution in [0.5, 0.6) is 11.6 Å². The zero-order valence-corrected chi connectivity index (χ0v) is 10.5. The van der Waals surface area contributed by atoms with Gasteiger partial charge >= 0.3 is 6.18 Å². The van der Waals surface area contributed by atoms with Crippen molar-refractivity contribution in [1.29, 1.82) is 5.26 Å². The van der Waals surface area contributed by atoms with Gasteiger partial charge in [-0.3, -0.25) is 0 Å². The summed E-state index contributed by atoms with van der Waals surface area (Å²) in [5, 5.41) is 8.82. The largest absolute Gasteiger partial charge is 0.439 e. The topological polar surface area (TPSA) is 45.9 Å². The van der Waals surface area contributed by atoms with Crippen LogP contribution in [0.2, 0.25) is 5.15 Å². The van der Waals surface area contributed by atoms with Crippen LogP contribution in [0.3, 0.4) is 0 Å². The molecule has 0 radical (unpaired) electrons. The number of rotatable bonds is 2. The Hall–Kier alpha value is -2.26. The highest BCUT2D eigenvalue weighted by Crippen LogP contribution is 2.31. The number of hydrogen-bond donors (Lipinski definition) is 0. The van der Waals surface area contributed by atoms with E-state index in [0.29, 0.717) is 0 Å². The Morgan fingerprint density at radius 2 is 1.80 bits per heavy atom. The molecule has 0 saturated heterocycles. The first kappa shape index (κ1) is 14.2. The molecule has 2 aromatic rings. The van der Waals surface area contributed by atoms with Crippen LogP contribution in [0, 0.1) is 11.3 Å². The van der Waals surface area contributed by atoms with Crippen LogP contribution < -0.4 is 4.74 Å². The zero-order chi connectivity index (χ0) is 14.8. The highest BCUT2D eigenvalue weighted by molar-refractivity contribution is 6.29. The number of alkyl halides is 3. The number of ether oxygens (including phenoxy) is 1. The fraction of sp³-hybridized carbons (Fsp3) is 0.0769. The molecule has 0 aliphatic heterocycles. The van der Waals surface area contributed by atoms with Gasteiger partial charge in [-0.05, 0) is 30.3 Å². The summed E-state index contributed by atoms with van der Waals surface area (Å²) < 4.78 is 42.4. The Balaban J connectivity index is 2.23. The van der Waals surface area contributed by atoms with Gasteiger partial charge in [0.2, 0.25) is 5.88 Å². The Kier molecular flexibility index (Phi) is 3.81. The monoisotopic (exact) mass is 298 g/mol. The Labute approximate surface area is 117 Å². The lowest BCUT2D eigenvalue weighted by atomic mass is 10.2. The van der Waals surface area contributed by atoms with Crippen LogP contribution in [0.25, 0.3) is 0 Å². The molecule has 0 N–H and O–H groups in total. The van der Waals surface area contributed by atoms with Gasteiger partial charge in [0.05, 0.1) is 17.2 Å². The molecule has 0 aliphatic carbocycles. The molecule has 20 heavy (non-hydrogen) atoms. The minimum Gasteiger partial charge on any atom is -0.439 e. The minimum atomic E-state index is -4.40. The fourth-order valence-corrected chi connectivity index (χ4v) is 1.62. The summed E-state index contributed by atoms with van der Waals surface area (Å²) in [6, 6.07) is 8.67. The fourth-order valence-electron chi connectivity index (χ4n) is 1.42. The molecule has 0 spiro atoms. The molecule has 1 heterocycles. The predicted octanol–water partition coefficient (Wildman–Crippen LogP) is 4.42. The molecule has 1 aromatic carbocycles. The molecule has 2 rings (SSSR count). The van der Waals surface area contributed by atoms with Crippen LogP contribution >= 0.6 is 11.6 Å². The minimum absolute atomic E-state index is 0.0359. The van der Waals surface area contributed by atoms with Crippen molar-refractivity contribution in [1.82, 2.24) is 4.98 Å². The first-order valence-electron chi connectivity index (χ1n) is 5.31. The highest BCUT2D eigenvalue weighted by atomic mass is 35.5. The van der Waals surface area contributed by atoms with Crippen molar-refractivity contribution in [3.8, 4) is 17.7 Å². The molecule has 3 nitrogen and oxygen atoms in total. The second-order valence-corrected chi connectivity index (χ2v) is 4.14. The standard InChI is InChI=1S/C13H6ClF3N2O/c14-11-5-8(7-18)6-12(19-11)20-10-3-1-9(2-4-10)13(15,16)17/h1-6H. The van der Waals surface area contributed by atoms with Crippen LogP contribution in [0.15, 0.2) is 36.4 Å². The molecular weight excluding hydrogens is 293 g/mol. The number of nitrogens with zero attached hydrogens (tertiary/aromatic N) is 2. The van der Waals surface area contributed by atoms with Gasteiger partial charge in [0.1, 0.15) is 10.9 Å². The SMILES string of the molecule is N#Cc1cc(Cl)nc(Oc2ccc(C(F)(F)F)cc2)c1. The van der Waals surface area contributed by atoms with Crippen molar-refractivity contribution in [3.63, 3.8) is 0 Å². The second kappa shape index (κ2) is 5.39. The van der Waals surface area contributed by atoms with Gasteiger partial charge in [0.15, 0.2) is 0 Å². The number of aromatic nitrogens is 1. The molecule has 0 atom stereocenters. The van der Waals surface area contributed by atoms with Gasteiger partial charge in [-0.25, -0.2) is 4.98 Å². The van der Waals surface area contributed by atoms with E-state index in [1.807, 2.05) is 6.07 Å². The van der Waals surface area contributed by atoms with E-state index < -0.39 is 11.7 Å². The van der Waals surface area contributed by atoms with Gasteiger partial charge in [-0.15, -0.1) is 0 Å². The summed E-state index contributed by atoms with van der Waals surface area (Å²) in [5.74, 6) is 0.200. The molecule has 0 unspecified atom stereocenters. The van der Waals surface area contributed by atoms with E-state index in [1.165, 1.54) is 12.1 Å². The lowest BCUT2D eigenvalue weighted by Crippen LogP contribution is -2.04. The zero-order valence-electron chi connectivity index (χ0n) is 9.78. The number of benzene rings is 1. The molecule has 0 saturated carbocycles. The predicted molar refractivity (Wildman–Crippen MR) is 65.5 cm³/mol. The van der Waals surface area contributed by atoms with Crippen LogP contribution in [0.4, 0.5) is 13.2 Å². The summed E-state index contributed by atoms with van der Waals surface area (Å²) in [6.45, 7) is 0. The van der Waals surface area contributed by atoms with Crippen molar-refractivity contribution >= 4 is 11.6 Å². The van der Waals surface area contributed by atoms with Gasteiger partial charge in [-0.2, -0.15) is 18.4 Å². The van der Waals surface area contributed by atoms with E-state index in [1.54, 1.807) is 0 Å². The lowest BCUT2D eigenvalue weighted by Gasteiger charge is -2.08. The molecule has 0 fully saturated rings. The Morgan fingerprint density at radius 1 is 1.15 bits per heavy atom. The third kappa shape index (κ3) is 3.39. The van der Waals surface area contributed by atoms with Gasteiger partial charge in [0.25, 0.3) is 0 Å². The van der Waals surface area contributed by atoms with E-state index in [9.17, 15) is 13.2 Å². The van der Waals surface area contributed by atoms with Crippen molar-refractivity contribution in [2.45, 2.75) is 6.18 Å². The average Bonchev–Trinajstić information content (AvgIpc) is 2.37. The molecule has 7 heteroatoms. The third-order valence-electron chi connectivity index (χ3n) is 2.30. The third-order valence-corrected chi connectivity index (χ3v) is 2.50. The number of nitriles is 1.